The van der Waals surface area contributed by atoms with Gasteiger partial charge in [-0.3, -0.25) is 9.79 Å². The second kappa shape index (κ2) is 8.60. The van der Waals surface area contributed by atoms with E-state index in [0.717, 1.165) is 19.0 Å². The topological polar surface area (TPSA) is 78.7 Å². The number of guanidine groups is 1. The van der Waals surface area contributed by atoms with Crippen LogP contribution in [0.15, 0.2) is 27.8 Å². The molecule has 6 nitrogen and oxygen atoms in total. The van der Waals surface area contributed by atoms with E-state index in [1.165, 1.54) is 31.9 Å². The van der Waals surface area contributed by atoms with Crippen molar-refractivity contribution in [1.29, 1.82) is 0 Å². The molecule has 1 aliphatic carbocycles. The summed E-state index contributed by atoms with van der Waals surface area (Å²) in [6.45, 7) is 7.13. The summed E-state index contributed by atoms with van der Waals surface area (Å²) in [7, 11) is 0. The number of rotatable bonds is 8. The molecule has 2 rings (SSSR count). The number of nitrogens with one attached hydrogen (secondary N) is 3. The van der Waals surface area contributed by atoms with Gasteiger partial charge in [-0.1, -0.05) is 13.3 Å². The Bertz CT molecular complexity index is 501. The zero-order chi connectivity index (χ0) is 16.5. The molecule has 0 saturated heterocycles. The number of carbonyl (C=O) groups is 1. The van der Waals surface area contributed by atoms with Crippen molar-refractivity contribution < 1.29 is 9.21 Å². The van der Waals surface area contributed by atoms with Crippen LogP contribution in [0.4, 0.5) is 0 Å². The van der Waals surface area contributed by atoms with E-state index in [1.54, 1.807) is 12.1 Å². The van der Waals surface area contributed by atoms with Gasteiger partial charge >= 0.3 is 0 Å². The number of furan rings is 1. The average Bonchev–Trinajstić information content (AvgIpc) is 3.05. The molecule has 0 aromatic carbocycles. The maximum absolute atomic E-state index is 11.7. The molecule has 1 aliphatic rings. The predicted octanol–water partition coefficient (Wildman–Crippen LogP) is 2.14. The second-order valence-electron chi connectivity index (χ2n) is 6.06. The van der Waals surface area contributed by atoms with Crippen molar-refractivity contribution in [2.45, 2.75) is 39.5 Å². The van der Waals surface area contributed by atoms with Gasteiger partial charge in [-0.05, 0) is 43.7 Å². The first-order valence-electron chi connectivity index (χ1n) is 8.53. The first-order valence-corrected chi connectivity index (χ1v) is 8.53. The van der Waals surface area contributed by atoms with Crippen molar-refractivity contribution in [2.24, 2.45) is 10.4 Å². The minimum atomic E-state index is -0.196. The van der Waals surface area contributed by atoms with Crippen LogP contribution in [0.3, 0.4) is 0 Å². The highest BCUT2D eigenvalue weighted by atomic mass is 16.3. The van der Waals surface area contributed by atoms with E-state index < -0.39 is 0 Å². The summed E-state index contributed by atoms with van der Waals surface area (Å²) in [6, 6.07) is 3.35. The van der Waals surface area contributed by atoms with Crippen LogP contribution in [0.2, 0.25) is 0 Å². The Balaban J connectivity index is 1.72. The quantitative estimate of drug-likeness (QED) is 0.389. The third-order valence-electron chi connectivity index (χ3n) is 4.53. The molecular formula is C17H28N4O2. The molecule has 0 radical (unpaired) electrons. The molecule has 3 N–H and O–H groups in total. The minimum Gasteiger partial charge on any atom is -0.459 e. The van der Waals surface area contributed by atoms with Gasteiger partial charge in [0.05, 0.1) is 6.26 Å². The molecule has 0 atom stereocenters. The normalized spacial score (nSPS) is 16.5. The highest BCUT2D eigenvalue weighted by Gasteiger charge is 2.34. The van der Waals surface area contributed by atoms with E-state index in [4.69, 9.17) is 9.41 Å². The molecule has 0 aliphatic heterocycles. The largest absolute Gasteiger partial charge is 0.459 e. The fourth-order valence-corrected chi connectivity index (χ4v) is 2.74. The molecule has 6 heteroatoms. The first kappa shape index (κ1) is 17.4. The van der Waals surface area contributed by atoms with Crippen molar-refractivity contribution >= 4 is 11.9 Å². The number of carbonyl (C=O) groups excluding carboxylic acids is 1. The number of amides is 1. The summed E-state index contributed by atoms with van der Waals surface area (Å²) in [5.74, 6) is 0.957. The van der Waals surface area contributed by atoms with Gasteiger partial charge in [-0.2, -0.15) is 0 Å². The summed E-state index contributed by atoms with van der Waals surface area (Å²) < 4.78 is 5.05. The molecule has 0 bridgehead atoms. The van der Waals surface area contributed by atoms with Gasteiger partial charge in [0.1, 0.15) is 0 Å². The standard InChI is InChI=1S/C17H28N4O2/c1-3-17(8-6-9-17)13-21-16(18-4-2)20-11-10-19-15(22)14-7-5-12-23-14/h5,7,12H,3-4,6,8-11,13H2,1-2H3,(H,19,22)(H2,18,20,21). The summed E-state index contributed by atoms with van der Waals surface area (Å²) in [5, 5.41) is 9.32. The van der Waals surface area contributed by atoms with Gasteiger partial charge in [0.15, 0.2) is 11.7 Å². The zero-order valence-corrected chi connectivity index (χ0v) is 14.2. The Morgan fingerprint density at radius 2 is 2.04 bits per heavy atom. The van der Waals surface area contributed by atoms with Crippen LogP contribution < -0.4 is 16.0 Å². The highest BCUT2D eigenvalue weighted by Crippen LogP contribution is 2.43. The van der Waals surface area contributed by atoms with Gasteiger partial charge in [0.25, 0.3) is 5.91 Å². The SMILES string of the molecule is CCNC(=NCC1(CC)CCC1)NCCNC(=O)c1ccco1. The molecule has 1 heterocycles. The third kappa shape index (κ3) is 5.01. The molecule has 23 heavy (non-hydrogen) atoms. The molecule has 1 aromatic heterocycles. The van der Waals surface area contributed by atoms with Crippen molar-refractivity contribution in [3.05, 3.63) is 24.2 Å². The van der Waals surface area contributed by atoms with Gasteiger partial charge in [0, 0.05) is 26.2 Å². The summed E-state index contributed by atoms with van der Waals surface area (Å²) in [5.41, 5.74) is 0.413. The van der Waals surface area contributed by atoms with Crippen LogP contribution in [0.5, 0.6) is 0 Å². The van der Waals surface area contributed by atoms with E-state index >= 15 is 0 Å². The summed E-state index contributed by atoms with van der Waals surface area (Å²) >= 11 is 0. The number of aliphatic imine (C=N–C) groups is 1. The van der Waals surface area contributed by atoms with Crippen molar-refractivity contribution in [2.75, 3.05) is 26.2 Å². The zero-order valence-electron chi connectivity index (χ0n) is 14.2. The maximum atomic E-state index is 11.7. The van der Waals surface area contributed by atoms with Gasteiger partial charge < -0.3 is 20.4 Å². The fraction of sp³-hybridized carbons (Fsp3) is 0.647. The highest BCUT2D eigenvalue weighted by molar-refractivity contribution is 5.91. The Morgan fingerprint density at radius 1 is 1.26 bits per heavy atom. The number of nitrogens with zero attached hydrogens (tertiary/aromatic N) is 1. The van der Waals surface area contributed by atoms with Gasteiger partial charge in [-0.15, -0.1) is 0 Å². The van der Waals surface area contributed by atoms with Crippen LogP contribution >= 0.6 is 0 Å². The molecule has 1 amide bonds. The molecule has 1 aromatic rings. The van der Waals surface area contributed by atoms with E-state index in [9.17, 15) is 4.79 Å². The second-order valence-corrected chi connectivity index (χ2v) is 6.06. The first-order chi connectivity index (χ1) is 11.2. The van der Waals surface area contributed by atoms with E-state index in [2.05, 4.69) is 29.8 Å². The van der Waals surface area contributed by atoms with Gasteiger partial charge in [0.2, 0.25) is 0 Å². The molecule has 0 spiro atoms. The van der Waals surface area contributed by atoms with Crippen LogP contribution in [-0.4, -0.2) is 38.0 Å². The molecule has 128 valence electrons. The Morgan fingerprint density at radius 3 is 2.61 bits per heavy atom. The van der Waals surface area contributed by atoms with E-state index in [0.29, 0.717) is 24.3 Å². The van der Waals surface area contributed by atoms with Crippen LogP contribution in [0.25, 0.3) is 0 Å². The predicted molar refractivity (Wildman–Crippen MR) is 91.6 cm³/mol. The van der Waals surface area contributed by atoms with Crippen LogP contribution in [0, 0.1) is 5.41 Å². The van der Waals surface area contributed by atoms with Crippen molar-refractivity contribution in [3.63, 3.8) is 0 Å². The monoisotopic (exact) mass is 320 g/mol. The van der Waals surface area contributed by atoms with Crippen molar-refractivity contribution in [3.8, 4) is 0 Å². The molecule has 1 saturated carbocycles. The lowest BCUT2D eigenvalue weighted by Gasteiger charge is -2.40. The lowest BCUT2D eigenvalue weighted by molar-refractivity contribution is 0.0926. The van der Waals surface area contributed by atoms with Crippen LogP contribution in [-0.2, 0) is 0 Å². The van der Waals surface area contributed by atoms with Crippen molar-refractivity contribution in [1.82, 2.24) is 16.0 Å². The Hall–Kier alpha value is -1.98. The average molecular weight is 320 g/mol. The van der Waals surface area contributed by atoms with E-state index in [1.807, 2.05) is 0 Å². The minimum absolute atomic E-state index is 0.196. The lowest BCUT2D eigenvalue weighted by Crippen LogP contribution is -2.42. The third-order valence-corrected chi connectivity index (χ3v) is 4.53. The summed E-state index contributed by atoms with van der Waals surface area (Å²) in [6.07, 6.45) is 6.57. The molecular weight excluding hydrogens is 292 g/mol. The number of hydrogen-bond donors (Lipinski definition) is 3. The fourth-order valence-electron chi connectivity index (χ4n) is 2.74. The maximum Gasteiger partial charge on any atom is 0.287 e. The Labute approximate surface area is 138 Å². The number of hydrogen-bond acceptors (Lipinski definition) is 3. The lowest BCUT2D eigenvalue weighted by atomic mass is 9.67. The Kier molecular flexibility index (Phi) is 6.50. The smallest absolute Gasteiger partial charge is 0.287 e. The molecule has 0 unspecified atom stereocenters. The van der Waals surface area contributed by atoms with E-state index in [-0.39, 0.29) is 5.91 Å². The van der Waals surface area contributed by atoms with Crippen LogP contribution in [0.1, 0.15) is 50.1 Å². The molecule has 1 fully saturated rings. The summed E-state index contributed by atoms with van der Waals surface area (Å²) in [4.78, 5) is 16.4. The van der Waals surface area contributed by atoms with Gasteiger partial charge in [-0.25, -0.2) is 0 Å².